The third-order valence-electron chi connectivity index (χ3n) is 3.51. The van der Waals surface area contributed by atoms with Crippen molar-refractivity contribution in [3.63, 3.8) is 0 Å². The van der Waals surface area contributed by atoms with E-state index in [1.54, 1.807) is 0 Å². The van der Waals surface area contributed by atoms with Crippen LogP contribution in [0.15, 0.2) is 18.2 Å². The van der Waals surface area contributed by atoms with Crippen molar-refractivity contribution < 1.29 is 0 Å². The van der Waals surface area contributed by atoms with E-state index in [-0.39, 0.29) is 0 Å². The molecule has 2 N–H and O–H groups in total. The highest BCUT2D eigenvalue weighted by atomic mass is 35.5. The normalized spacial score (nSPS) is 14.8. The molecule has 18 heavy (non-hydrogen) atoms. The third-order valence-corrected chi connectivity index (χ3v) is 3.82. The predicted molar refractivity (Wildman–Crippen MR) is 79.5 cm³/mol. The van der Waals surface area contributed by atoms with E-state index in [2.05, 4.69) is 17.9 Å². The Morgan fingerprint density at radius 1 is 1.39 bits per heavy atom. The van der Waals surface area contributed by atoms with E-state index >= 15 is 0 Å². The van der Waals surface area contributed by atoms with Crippen molar-refractivity contribution in [2.24, 2.45) is 5.73 Å². The summed E-state index contributed by atoms with van der Waals surface area (Å²) < 4.78 is 0. The van der Waals surface area contributed by atoms with Crippen molar-refractivity contribution in [1.82, 2.24) is 0 Å². The summed E-state index contributed by atoms with van der Waals surface area (Å²) in [4.78, 5) is 2.51. The molecule has 1 aliphatic rings. The van der Waals surface area contributed by atoms with Crippen LogP contribution in [0, 0.1) is 0 Å². The summed E-state index contributed by atoms with van der Waals surface area (Å²) in [6, 6.07) is 6.89. The minimum atomic E-state index is 0.680. The van der Waals surface area contributed by atoms with E-state index in [0.29, 0.717) is 12.6 Å². The fourth-order valence-electron chi connectivity index (χ4n) is 2.43. The zero-order chi connectivity index (χ0) is 13.0. The lowest BCUT2D eigenvalue weighted by molar-refractivity contribution is 0.709. The molecule has 1 aliphatic carbocycles. The van der Waals surface area contributed by atoms with Gasteiger partial charge in [0.15, 0.2) is 0 Å². The second-order valence-electron chi connectivity index (χ2n) is 5.06. The van der Waals surface area contributed by atoms with Crippen LogP contribution in [-0.2, 0) is 6.42 Å². The van der Waals surface area contributed by atoms with Gasteiger partial charge in [0, 0.05) is 12.6 Å². The summed E-state index contributed by atoms with van der Waals surface area (Å²) in [5, 5.41) is 0.879. The van der Waals surface area contributed by atoms with Crippen LogP contribution in [-0.4, -0.2) is 19.1 Å². The van der Waals surface area contributed by atoms with Crippen molar-refractivity contribution in [1.29, 1.82) is 0 Å². The molecule has 0 amide bonds. The zero-order valence-electron chi connectivity index (χ0n) is 11.2. The minimum absolute atomic E-state index is 0.680. The number of hydrogen-bond donors (Lipinski definition) is 1. The fraction of sp³-hybridized carbons (Fsp3) is 0.600. The Morgan fingerprint density at radius 2 is 2.17 bits per heavy atom. The Hall–Kier alpha value is -0.730. The van der Waals surface area contributed by atoms with Gasteiger partial charge in [-0.25, -0.2) is 0 Å². The molecule has 1 aromatic rings. The smallest absolute Gasteiger partial charge is 0.0642 e. The van der Waals surface area contributed by atoms with Crippen LogP contribution in [0.1, 0.15) is 38.2 Å². The third kappa shape index (κ3) is 3.18. The average Bonchev–Trinajstić information content (AvgIpc) is 3.17. The van der Waals surface area contributed by atoms with Crippen LogP contribution in [0.25, 0.3) is 0 Å². The van der Waals surface area contributed by atoms with Crippen molar-refractivity contribution in [3.8, 4) is 0 Å². The molecular weight excluding hydrogens is 244 g/mol. The lowest BCUT2D eigenvalue weighted by atomic mass is 10.1. The van der Waals surface area contributed by atoms with Gasteiger partial charge in [0.1, 0.15) is 0 Å². The molecule has 0 bridgehead atoms. The Kier molecular flexibility index (Phi) is 4.90. The summed E-state index contributed by atoms with van der Waals surface area (Å²) in [6.45, 7) is 4.03. The number of halogens is 1. The maximum atomic E-state index is 6.43. The SMILES string of the molecule is CCCCN(c1c(Cl)cccc1CCN)C1CC1. The van der Waals surface area contributed by atoms with Gasteiger partial charge in [-0.05, 0) is 43.9 Å². The summed E-state index contributed by atoms with van der Waals surface area (Å²) in [5.41, 5.74) is 8.25. The molecule has 100 valence electrons. The van der Waals surface area contributed by atoms with Crippen LogP contribution >= 0.6 is 11.6 Å². The first kappa shape index (κ1) is 13.7. The van der Waals surface area contributed by atoms with Gasteiger partial charge in [-0.3, -0.25) is 0 Å². The van der Waals surface area contributed by atoms with E-state index in [1.807, 2.05) is 12.1 Å². The molecule has 0 atom stereocenters. The van der Waals surface area contributed by atoms with Crippen LogP contribution in [0.2, 0.25) is 5.02 Å². The lowest BCUT2D eigenvalue weighted by Crippen LogP contribution is -2.28. The first-order chi connectivity index (χ1) is 8.77. The molecule has 1 aromatic carbocycles. The Labute approximate surface area is 115 Å². The second kappa shape index (κ2) is 6.44. The molecule has 1 fully saturated rings. The topological polar surface area (TPSA) is 29.3 Å². The Bertz CT molecular complexity index is 388. The predicted octanol–water partition coefficient (Wildman–Crippen LogP) is 3.61. The highest BCUT2D eigenvalue weighted by Gasteiger charge is 2.30. The molecule has 0 spiro atoms. The maximum Gasteiger partial charge on any atom is 0.0642 e. The number of rotatable bonds is 7. The summed E-state index contributed by atoms with van der Waals surface area (Å²) in [6.07, 6.45) is 5.96. The van der Waals surface area contributed by atoms with E-state index < -0.39 is 0 Å². The Morgan fingerprint density at radius 3 is 2.78 bits per heavy atom. The van der Waals surface area contributed by atoms with E-state index in [0.717, 1.165) is 18.0 Å². The highest BCUT2D eigenvalue weighted by molar-refractivity contribution is 6.33. The number of unbranched alkanes of at least 4 members (excludes halogenated alkanes) is 1. The average molecular weight is 267 g/mol. The summed E-state index contributed by atoms with van der Waals surface area (Å²) in [5.74, 6) is 0. The highest BCUT2D eigenvalue weighted by Crippen LogP contribution is 2.38. The van der Waals surface area contributed by atoms with Crippen LogP contribution in [0.4, 0.5) is 5.69 Å². The molecule has 0 saturated heterocycles. The van der Waals surface area contributed by atoms with E-state index in [4.69, 9.17) is 17.3 Å². The van der Waals surface area contributed by atoms with E-state index in [1.165, 1.54) is 36.9 Å². The lowest BCUT2D eigenvalue weighted by Gasteiger charge is -2.28. The molecule has 0 heterocycles. The van der Waals surface area contributed by atoms with Gasteiger partial charge < -0.3 is 10.6 Å². The van der Waals surface area contributed by atoms with Crippen molar-refractivity contribution in [2.45, 2.75) is 45.1 Å². The molecule has 0 aliphatic heterocycles. The molecule has 1 saturated carbocycles. The number of para-hydroxylation sites is 1. The van der Waals surface area contributed by atoms with Crippen LogP contribution in [0.5, 0.6) is 0 Å². The van der Waals surface area contributed by atoms with Crippen molar-refractivity contribution in [2.75, 3.05) is 18.0 Å². The van der Waals surface area contributed by atoms with Gasteiger partial charge in [0.25, 0.3) is 0 Å². The largest absolute Gasteiger partial charge is 0.367 e. The first-order valence-corrected chi connectivity index (χ1v) is 7.39. The molecule has 0 radical (unpaired) electrons. The number of nitrogens with zero attached hydrogens (tertiary/aromatic N) is 1. The first-order valence-electron chi connectivity index (χ1n) is 7.02. The van der Waals surface area contributed by atoms with Gasteiger partial charge in [0.2, 0.25) is 0 Å². The van der Waals surface area contributed by atoms with Crippen LogP contribution in [0.3, 0.4) is 0 Å². The van der Waals surface area contributed by atoms with Gasteiger partial charge in [-0.2, -0.15) is 0 Å². The number of benzene rings is 1. The maximum absolute atomic E-state index is 6.43. The van der Waals surface area contributed by atoms with Gasteiger partial charge in [0.05, 0.1) is 10.7 Å². The minimum Gasteiger partial charge on any atom is -0.367 e. The number of nitrogens with two attached hydrogens (primary N) is 1. The van der Waals surface area contributed by atoms with Gasteiger partial charge in [-0.1, -0.05) is 37.1 Å². The summed E-state index contributed by atoms with van der Waals surface area (Å²) >= 11 is 6.43. The van der Waals surface area contributed by atoms with Crippen molar-refractivity contribution >= 4 is 17.3 Å². The van der Waals surface area contributed by atoms with Crippen LogP contribution < -0.4 is 10.6 Å². The zero-order valence-corrected chi connectivity index (χ0v) is 11.9. The molecule has 2 nitrogen and oxygen atoms in total. The quantitative estimate of drug-likeness (QED) is 0.817. The second-order valence-corrected chi connectivity index (χ2v) is 5.47. The number of anilines is 1. The number of hydrogen-bond acceptors (Lipinski definition) is 2. The van der Waals surface area contributed by atoms with Crippen molar-refractivity contribution in [3.05, 3.63) is 28.8 Å². The molecule has 3 heteroatoms. The van der Waals surface area contributed by atoms with Gasteiger partial charge in [-0.15, -0.1) is 0 Å². The summed E-state index contributed by atoms with van der Waals surface area (Å²) in [7, 11) is 0. The molecule has 2 rings (SSSR count). The standard InChI is InChI=1S/C15H23ClN2/c1-2-3-11-18(13-7-8-13)15-12(9-10-17)5-4-6-14(15)16/h4-6,13H,2-3,7-11,17H2,1H3. The Balaban J connectivity index is 2.26. The fourth-order valence-corrected chi connectivity index (χ4v) is 2.73. The molecule has 0 unspecified atom stereocenters. The van der Waals surface area contributed by atoms with Gasteiger partial charge >= 0.3 is 0 Å². The monoisotopic (exact) mass is 266 g/mol. The molecular formula is C15H23ClN2. The molecule has 0 aromatic heterocycles. The van der Waals surface area contributed by atoms with E-state index in [9.17, 15) is 0 Å².